The molecule has 0 aliphatic rings. The number of aryl methyl sites for hydroxylation is 2. The largest absolute Gasteiger partial charge is 0.573 e. The molecule has 0 spiro atoms. The topological polar surface area (TPSA) is 72.9 Å². The fourth-order valence-electron chi connectivity index (χ4n) is 3.52. The molecule has 3 rings (SSSR count). The number of hydrogen-bond acceptors (Lipinski definition) is 6. The summed E-state index contributed by atoms with van der Waals surface area (Å²) in [5.41, 5.74) is 2.75. The number of ether oxygens (including phenoxy) is 3. The van der Waals surface area contributed by atoms with Crippen LogP contribution in [0, 0.1) is 13.8 Å². The number of nitrogens with zero attached hydrogens (tertiary/aromatic N) is 2. The fraction of sp³-hybridized carbons (Fsp3) is 0.308. The molecular formula is C26H28BrClF3N3O4. The number of carbonyl (C=O) groups excluding carboxylic acids is 1. The Morgan fingerprint density at radius 2 is 1.55 bits per heavy atom. The number of carbonyl (C=O) groups is 1. The van der Waals surface area contributed by atoms with Crippen molar-refractivity contribution in [3.05, 3.63) is 64.4 Å². The molecule has 1 aromatic heterocycles. The van der Waals surface area contributed by atoms with Gasteiger partial charge in [0.2, 0.25) is 0 Å². The molecule has 0 saturated heterocycles. The van der Waals surface area contributed by atoms with Crippen LogP contribution in [-0.4, -0.2) is 49.5 Å². The van der Waals surface area contributed by atoms with Crippen LogP contribution in [0.2, 0.25) is 0 Å². The Morgan fingerprint density at radius 1 is 1.00 bits per heavy atom. The molecule has 1 heterocycles. The highest BCUT2D eigenvalue weighted by molar-refractivity contribution is 9.10. The Balaban J connectivity index is 0.00000507. The van der Waals surface area contributed by atoms with E-state index in [-0.39, 0.29) is 18.2 Å². The minimum Gasteiger partial charge on any atom is -0.457 e. The molecule has 38 heavy (non-hydrogen) atoms. The molecule has 1 amide bonds. The van der Waals surface area contributed by atoms with Crippen LogP contribution in [0.5, 0.6) is 23.0 Å². The van der Waals surface area contributed by atoms with E-state index in [1.807, 2.05) is 20.9 Å². The standard InChI is InChI=1S/C26H27BrF3N3O4.ClH/c1-16-22(24(23(27)17(2)32-16)36-25(34)33(4)15-5-14-31-3)18-6-8-19(9-7-18)35-20-10-12-21(13-11-20)37-26(28,29)30;/h6-13,31H,5,14-15H2,1-4H3;1H. The molecule has 12 heteroatoms. The highest BCUT2D eigenvalue weighted by Gasteiger charge is 2.31. The summed E-state index contributed by atoms with van der Waals surface area (Å²) in [4.78, 5) is 18.9. The van der Waals surface area contributed by atoms with E-state index in [0.29, 0.717) is 45.2 Å². The Bertz CT molecular complexity index is 1230. The Labute approximate surface area is 233 Å². The molecule has 206 valence electrons. The van der Waals surface area contributed by atoms with Crippen molar-refractivity contribution in [1.29, 1.82) is 0 Å². The third kappa shape index (κ3) is 8.50. The van der Waals surface area contributed by atoms with Gasteiger partial charge in [0.15, 0.2) is 5.75 Å². The first-order valence-corrected chi connectivity index (χ1v) is 12.2. The first kappa shape index (κ1) is 31.2. The molecule has 0 aliphatic carbocycles. The maximum atomic E-state index is 12.8. The van der Waals surface area contributed by atoms with Crippen LogP contribution in [0.15, 0.2) is 53.0 Å². The van der Waals surface area contributed by atoms with Crippen molar-refractivity contribution in [3.63, 3.8) is 0 Å². The SMILES string of the molecule is CNCCCN(C)C(=O)Oc1c(Br)c(C)nc(C)c1-c1ccc(Oc2ccc(OC(F)(F)F)cc2)cc1.Cl. The predicted octanol–water partition coefficient (Wildman–Crippen LogP) is 7.28. The van der Waals surface area contributed by atoms with Crippen LogP contribution in [-0.2, 0) is 0 Å². The number of nitrogens with one attached hydrogen (secondary N) is 1. The van der Waals surface area contributed by atoms with Crippen molar-refractivity contribution in [2.45, 2.75) is 26.6 Å². The van der Waals surface area contributed by atoms with E-state index in [1.54, 1.807) is 31.3 Å². The third-order valence-electron chi connectivity index (χ3n) is 5.30. The Morgan fingerprint density at radius 3 is 2.11 bits per heavy atom. The first-order chi connectivity index (χ1) is 17.5. The monoisotopic (exact) mass is 617 g/mol. The smallest absolute Gasteiger partial charge is 0.457 e. The van der Waals surface area contributed by atoms with Crippen molar-refractivity contribution >= 4 is 34.4 Å². The maximum absolute atomic E-state index is 12.8. The van der Waals surface area contributed by atoms with Gasteiger partial charge in [-0.25, -0.2) is 4.79 Å². The summed E-state index contributed by atoms with van der Waals surface area (Å²) in [6, 6.07) is 12.1. The molecule has 2 aromatic carbocycles. The van der Waals surface area contributed by atoms with Gasteiger partial charge in [-0.1, -0.05) is 12.1 Å². The van der Waals surface area contributed by atoms with Gasteiger partial charge in [0.05, 0.1) is 10.2 Å². The van der Waals surface area contributed by atoms with Gasteiger partial charge in [-0.05, 0) is 91.8 Å². The zero-order valence-corrected chi connectivity index (χ0v) is 23.6. The lowest BCUT2D eigenvalue weighted by atomic mass is 10.0. The van der Waals surface area contributed by atoms with Gasteiger partial charge >= 0.3 is 12.5 Å². The minimum absolute atomic E-state index is 0. The molecule has 3 aromatic rings. The highest BCUT2D eigenvalue weighted by atomic mass is 79.9. The van der Waals surface area contributed by atoms with Gasteiger partial charge in [0.1, 0.15) is 17.2 Å². The van der Waals surface area contributed by atoms with Gasteiger partial charge in [-0.2, -0.15) is 0 Å². The lowest BCUT2D eigenvalue weighted by Crippen LogP contribution is -2.32. The van der Waals surface area contributed by atoms with E-state index in [4.69, 9.17) is 9.47 Å². The Kier molecular flexibility index (Phi) is 11.2. The van der Waals surface area contributed by atoms with Crippen LogP contribution < -0.4 is 19.5 Å². The Hall–Kier alpha value is -3.02. The summed E-state index contributed by atoms with van der Waals surface area (Å²) < 4.78 is 53.0. The average molecular weight is 619 g/mol. The number of alkyl halides is 3. The van der Waals surface area contributed by atoms with Gasteiger partial charge in [-0.3, -0.25) is 4.98 Å². The molecule has 0 unspecified atom stereocenters. The number of halogens is 5. The van der Waals surface area contributed by atoms with Crippen LogP contribution in [0.25, 0.3) is 11.1 Å². The van der Waals surface area contributed by atoms with Crippen LogP contribution >= 0.6 is 28.3 Å². The third-order valence-corrected chi connectivity index (χ3v) is 6.23. The number of pyridine rings is 1. The van der Waals surface area contributed by atoms with E-state index in [1.165, 1.54) is 29.2 Å². The summed E-state index contributed by atoms with van der Waals surface area (Å²) in [5.74, 6) is 0.837. The number of benzene rings is 2. The van der Waals surface area contributed by atoms with E-state index in [9.17, 15) is 18.0 Å². The summed E-state index contributed by atoms with van der Waals surface area (Å²) in [6.07, 6.45) is -4.46. The molecule has 0 fully saturated rings. The van der Waals surface area contributed by atoms with Crippen LogP contribution in [0.4, 0.5) is 18.0 Å². The number of aromatic nitrogens is 1. The number of amides is 1. The van der Waals surface area contributed by atoms with Crippen LogP contribution in [0.3, 0.4) is 0 Å². The highest BCUT2D eigenvalue weighted by Crippen LogP contribution is 2.41. The summed E-state index contributed by atoms with van der Waals surface area (Å²) >= 11 is 3.51. The molecule has 0 aliphatic heterocycles. The van der Waals surface area contributed by atoms with Crippen molar-refractivity contribution in [2.24, 2.45) is 0 Å². The molecule has 0 bridgehead atoms. The summed E-state index contributed by atoms with van der Waals surface area (Å²) in [7, 11) is 3.53. The van der Waals surface area contributed by atoms with Crippen molar-refractivity contribution < 1.29 is 32.2 Å². The lowest BCUT2D eigenvalue weighted by Gasteiger charge is -2.20. The quantitative estimate of drug-likeness (QED) is 0.254. The fourth-order valence-corrected chi connectivity index (χ4v) is 3.88. The van der Waals surface area contributed by atoms with E-state index < -0.39 is 12.5 Å². The zero-order valence-electron chi connectivity index (χ0n) is 21.2. The number of hydrogen-bond donors (Lipinski definition) is 1. The normalized spacial score (nSPS) is 10.9. The summed E-state index contributed by atoms with van der Waals surface area (Å²) in [6.45, 7) is 4.96. The van der Waals surface area contributed by atoms with Crippen molar-refractivity contribution in [2.75, 3.05) is 27.2 Å². The second-order valence-corrected chi connectivity index (χ2v) is 8.99. The second-order valence-electron chi connectivity index (χ2n) is 8.19. The maximum Gasteiger partial charge on any atom is 0.573 e. The molecule has 7 nitrogen and oxygen atoms in total. The second kappa shape index (κ2) is 13.7. The minimum atomic E-state index is -4.76. The van der Waals surface area contributed by atoms with Gasteiger partial charge in [-0.15, -0.1) is 25.6 Å². The molecule has 0 radical (unpaired) electrons. The van der Waals surface area contributed by atoms with E-state index >= 15 is 0 Å². The number of rotatable bonds is 9. The van der Waals surface area contributed by atoms with Crippen molar-refractivity contribution in [3.8, 4) is 34.1 Å². The zero-order chi connectivity index (χ0) is 27.2. The van der Waals surface area contributed by atoms with Crippen molar-refractivity contribution in [1.82, 2.24) is 15.2 Å². The average Bonchev–Trinajstić information content (AvgIpc) is 2.83. The molecule has 1 N–H and O–H groups in total. The van der Waals surface area contributed by atoms with Gasteiger partial charge in [0.25, 0.3) is 0 Å². The van der Waals surface area contributed by atoms with E-state index in [2.05, 4.69) is 31.0 Å². The predicted molar refractivity (Wildman–Crippen MR) is 144 cm³/mol. The van der Waals surface area contributed by atoms with Gasteiger partial charge in [0, 0.05) is 24.8 Å². The van der Waals surface area contributed by atoms with Crippen LogP contribution in [0.1, 0.15) is 17.8 Å². The molecule has 0 saturated carbocycles. The molecular weight excluding hydrogens is 591 g/mol. The molecule has 0 atom stereocenters. The lowest BCUT2D eigenvalue weighted by molar-refractivity contribution is -0.274. The van der Waals surface area contributed by atoms with E-state index in [0.717, 1.165) is 18.5 Å². The summed E-state index contributed by atoms with van der Waals surface area (Å²) in [5, 5.41) is 3.05. The van der Waals surface area contributed by atoms with Gasteiger partial charge < -0.3 is 24.4 Å². The first-order valence-electron chi connectivity index (χ1n) is 11.4.